The van der Waals surface area contributed by atoms with Gasteiger partial charge in [-0.3, -0.25) is 4.79 Å². The third-order valence-electron chi connectivity index (χ3n) is 6.13. The molecule has 2 N–H and O–H groups in total. The summed E-state index contributed by atoms with van der Waals surface area (Å²) in [6, 6.07) is 11.5. The zero-order chi connectivity index (χ0) is 25.4. The lowest BCUT2D eigenvalue weighted by atomic mass is 9.70. The van der Waals surface area contributed by atoms with Crippen molar-refractivity contribution in [3.05, 3.63) is 58.7 Å². The highest BCUT2D eigenvalue weighted by Gasteiger charge is 2.34. The summed E-state index contributed by atoms with van der Waals surface area (Å²) in [4.78, 5) is 12.6. The molecule has 4 nitrogen and oxygen atoms in total. The van der Waals surface area contributed by atoms with Crippen molar-refractivity contribution in [1.29, 1.82) is 0 Å². The van der Waals surface area contributed by atoms with Crippen molar-refractivity contribution in [1.82, 2.24) is 0 Å². The summed E-state index contributed by atoms with van der Waals surface area (Å²) in [7, 11) is 0. The zero-order valence-electron chi connectivity index (χ0n) is 22.1. The molecule has 0 aliphatic carbocycles. The molecule has 0 fully saturated rings. The Morgan fingerprint density at radius 1 is 0.727 bits per heavy atom. The highest BCUT2D eigenvalue weighted by molar-refractivity contribution is 5.70. The first-order valence-corrected chi connectivity index (χ1v) is 11.7. The zero-order valence-corrected chi connectivity index (χ0v) is 22.1. The molecule has 2 rings (SSSR count). The van der Waals surface area contributed by atoms with Gasteiger partial charge >= 0.3 is 5.97 Å². The number of phenolic OH excluding ortho intramolecular Hbond substituents is 2. The van der Waals surface area contributed by atoms with Gasteiger partial charge in [0.1, 0.15) is 17.1 Å². The van der Waals surface area contributed by atoms with Crippen LogP contribution in [0.5, 0.6) is 11.5 Å². The highest BCUT2D eigenvalue weighted by Crippen LogP contribution is 2.43. The molecule has 0 aliphatic heterocycles. The Labute approximate surface area is 200 Å². The molecular weight excluding hydrogens is 412 g/mol. The molecule has 0 amide bonds. The van der Waals surface area contributed by atoms with Crippen LogP contribution in [0.3, 0.4) is 0 Å². The summed E-state index contributed by atoms with van der Waals surface area (Å²) >= 11 is 0. The molecule has 0 radical (unpaired) electrons. The first kappa shape index (κ1) is 26.8. The number of phenols is 2. The number of rotatable bonds is 5. The van der Waals surface area contributed by atoms with E-state index in [1.807, 2.05) is 45.0 Å². The maximum absolute atomic E-state index is 12.6. The number of ether oxygens (including phenoxy) is 1. The Balaban J connectivity index is 2.65. The second kappa shape index (κ2) is 9.04. The average molecular weight is 455 g/mol. The van der Waals surface area contributed by atoms with Gasteiger partial charge in [-0.15, -0.1) is 0 Å². The Kier molecular flexibility index (Phi) is 7.33. The SMILES string of the molecule is CC(C)(C)OC(=O)CCC(C)(c1ccc(O)c(C(C)(C)C)c1)c1ccc(O)c(C(C)(C)C)c1. The minimum atomic E-state index is -0.538. The highest BCUT2D eigenvalue weighted by atomic mass is 16.6. The second-order valence-corrected chi connectivity index (χ2v) is 12.4. The minimum Gasteiger partial charge on any atom is -0.508 e. The molecule has 4 heteroatoms. The van der Waals surface area contributed by atoms with Crippen LogP contribution in [0.15, 0.2) is 36.4 Å². The lowest BCUT2D eigenvalue weighted by molar-refractivity contribution is -0.155. The number of carbonyl (C=O) groups excluding carboxylic acids is 1. The van der Waals surface area contributed by atoms with Gasteiger partial charge in [0.2, 0.25) is 0 Å². The van der Waals surface area contributed by atoms with Crippen molar-refractivity contribution < 1.29 is 19.7 Å². The number of aromatic hydroxyl groups is 2. The number of carbonyl (C=O) groups is 1. The summed E-state index contributed by atoms with van der Waals surface area (Å²) in [5, 5.41) is 21.1. The normalized spacial score (nSPS) is 13.2. The number of benzene rings is 2. The van der Waals surface area contributed by atoms with Crippen LogP contribution in [0.25, 0.3) is 0 Å². The Morgan fingerprint density at radius 3 is 1.45 bits per heavy atom. The topological polar surface area (TPSA) is 66.8 Å². The standard InChI is InChI=1S/C29H42O4/c1-26(2,3)21-17-19(11-13-23(21)30)29(10,16-15-25(32)33-28(7,8)9)20-12-14-24(31)22(18-20)27(4,5)6/h11-14,17-18,30-31H,15-16H2,1-10H3. The van der Waals surface area contributed by atoms with Crippen LogP contribution < -0.4 is 0 Å². The minimum absolute atomic E-state index is 0.238. The molecule has 0 saturated heterocycles. The van der Waals surface area contributed by atoms with Crippen LogP contribution in [-0.2, 0) is 25.8 Å². The van der Waals surface area contributed by atoms with Gasteiger partial charge in [0.25, 0.3) is 0 Å². The first-order chi connectivity index (χ1) is 14.8. The van der Waals surface area contributed by atoms with Crippen LogP contribution in [0.1, 0.15) is 104 Å². The maximum atomic E-state index is 12.6. The van der Waals surface area contributed by atoms with Crippen molar-refractivity contribution >= 4 is 5.97 Å². The van der Waals surface area contributed by atoms with Crippen molar-refractivity contribution in [2.75, 3.05) is 0 Å². The summed E-state index contributed by atoms with van der Waals surface area (Å²) < 4.78 is 5.58. The third kappa shape index (κ3) is 6.52. The van der Waals surface area contributed by atoms with Crippen molar-refractivity contribution in [3.63, 3.8) is 0 Å². The van der Waals surface area contributed by atoms with Gasteiger partial charge in [0.05, 0.1) is 0 Å². The molecule has 2 aromatic rings. The second-order valence-electron chi connectivity index (χ2n) is 12.4. The molecule has 0 saturated carbocycles. The van der Waals surface area contributed by atoms with Crippen molar-refractivity contribution in [3.8, 4) is 11.5 Å². The molecule has 182 valence electrons. The van der Waals surface area contributed by atoms with Gasteiger partial charge in [0.15, 0.2) is 0 Å². The monoisotopic (exact) mass is 454 g/mol. The largest absolute Gasteiger partial charge is 0.508 e. The van der Waals surface area contributed by atoms with E-state index in [2.05, 4.69) is 48.5 Å². The van der Waals surface area contributed by atoms with Gasteiger partial charge in [-0.1, -0.05) is 72.7 Å². The predicted octanol–water partition coefficient (Wildman–Crippen LogP) is 7.12. The summed E-state index contributed by atoms with van der Waals surface area (Å²) in [6.45, 7) is 20.2. The van der Waals surface area contributed by atoms with Gasteiger partial charge in [-0.2, -0.15) is 0 Å². The van der Waals surface area contributed by atoms with Gasteiger partial charge in [0, 0.05) is 11.8 Å². The van der Waals surface area contributed by atoms with E-state index in [1.54, 1.807) is 12.1 Å². The fraction of sp³-hybridized carbons (Fsp3) is 0.552. The summed E-state index contributed by atoms with van der Waals surface area (Å²) in [5.74, 6) is 0.294. The predicted molar refractivity (Wildman–Crippen MR) is 135 cm³/mol. The van der Waals surface area contributed by atoms with Crippen LogP contribution in [0.2, 0.25) is 0 Å². The maximum Gasteiger partial charge on any atom is 0.306 e. The third-order valence-corrected chi connectivity index (χ3v) is 6.13. The Bertz CT molecular complexity index is 934. The molecule has 0 heterocycles. The molecule has 2 aromatic carbocycles. The van der Waals surface area contributed by atoms with Gasteiger partial charge in [-0.25, -0.2) is 0 Å². The lowest BCUT2D eigenvalue weighted by Crippen LogP contribution is -2.29. The van der Waals surface area contributed by atoms with Crippen LogP contribution in [0.4, 0.5) is 0 Å². The van der Waals surface area contributed by atoms with Gasteiger partial charge < -0.3 is 14.9 Å². The first-order valence-electron chi connectivity index (χ1n) is 11.7. The number of esters is 1. The lowest BCUT2D eigenvalue weighted by Gasteiger charge is -2.34. The van der Waals surface area contributed by atoms with Crippen molar-refractivity contribution in [2.45, 2.75) is 104 Å². The smallest absolute Gasteiger partial charge is 0.306 e. The average Bonchev–Trinajstić information content (AvgIpc) is 2.63. The summed E-state index contributed by atoms with van der Waals surface area (Å²) in [6.07, 6.45) is 0.788. The van der Waals surface area contributed by atoms with E-state index < -0.39 is 11.0 Å². The van der Waals surface area contributed by atoms with E-state index >= 15 is 0 Å². The molecule has 0 aliphatic rings. The number of hydrogen-bond acceptors (Lipinski definition) is 4. The van der Waals surface area contributed by atoms with E-state index in [0.717, 1.165) is 22.3 Å². The van der Waals surface area contributed by atoms with Crippen LogP contribution >= 0.6 is 0 Å². The van der Waals surface area contributed by atoms with Crippen LogP contribution in [-0.4, -0.2) is 21.8 Å². The van der Waals surface area contributed by atoms with Gasteiger partial charge in [-0.05, 0) is 72.4 Å². The van der Waals surface area contributed by atoms with E-state index in [-0.39, 0.29) is 34.7 Å². The Morgan fingerprint density at radius 2 is 1.12 bits per heavy atom. The number of hydrogen-bond donors (Lipinski definition) is 2. The van der Waals surface area contributed by atoms with E-state index in [9.17, 15) is 15.0 Å². The van der Waals surface area contributed by atoms with E-state index in [4.69, 9.17) is 4.74 Å². The van der Waals surface area contributed by atoms with E-state index in [0.29, 0.717) is 6.42 Å². The molecule has 0 unspecified atom stereocenters. The fourth-order valence-electron chi connectivity index (χ4n) is 4.16. The fourth-order valence-corrected chi connectivity index (χ4v) is 4.16. The molecule has 33 heavy (non-hydrogen) atoms. The molecule has 0 bridgehead atoms. The van der Waals surface area contributed by atoms with Crippen LogP contribution in [0, 0.1) is 0 Å². The molecule has 0 atom stereocenters. The molecule has 0 spiro atoms. The summed E-state index contributed by atoms with van der Waals surface area (Å²) in [5.41, 5.74) is 2.20. The Hall–Kier alpha value is -2.49. The molecular formula is C29H42O4. The quantitative estimate of drug-likeness (QED) is 0.472. The van der Waals surface area contributed by atoms with E-state index in [1.165, 1.54) is 0 Å². The molecule has 0 aromatic heterocycles. The van der Waals surface area contributed by atoms with Crippen molar-refractivity contribution in [2.24, 2.45) is 0 Å².